The maximum atomic E-state index is 11.6. The Bertz CT molecular complexity index is 356. The largest absolute Gasteiger partial charge is 0.381 e. The highest BCUT2D eigenvalue weighted by Crippen LogP contribution is 2.18. The summed E-state index contributed by atoms with van der Waals surface area (Å²) in [4.78, 5) is 27.1. The molecule has 2 heterocycles. The molecule has 0 bridgehead atoms. The fourth-order valence-corrected chi connectivity index (χ4v) is 3.01. The van der Waals surface area contributed by atoms with Gasteiger partial charge in [-0.15, -0.1) is 0 Å². The van der Waals surface area contributed by atoms with Crippen molar-refractivity contribution in [3.05, 3.63) is 0 Å². The van der Waals surface area contributed by atoms with E-state index in [1.807, 2.05) is 0 Å². The minimum absolute atomic E-state index is 0.0177. The molecule has 0 aromatic carbocycles. The highest BCUT2D eigenvalue weighted by Gasteiger charge is 2.29. The maximum Gasteiger partial charge on any atom is 0.223 e. The van der Waals surface area contributed by atoms with E-state index in [4.69, 9.17) is 10.5 Å². The molecule has 0 spiro atoms. The number of nitrogens with zero attached hydrogens (tertiary/aromatic N) is 2. The maximum absolute atomic E-state index is 11.6. The van der Waals surface area contributed by atoms with Crippen molar-refractivity contribution >= 4 is 11.8 Å². The lowest BCUT2D eigenvalue weighted by Gasteiger charge is -2.29. The van der Waals surface area contributed by atoms with Gasteiger partial charge in [0.05, 0.1) is 5.92 Å². The molecule has 0 aromatic heterocycles. The fraction of sp³-hybridized carbons (Fsp3) is 0.857. The highest BCUT2D eigenvalue weighted by atomic mass is 16.5. The van der Waals surface area contributed by atoms with Crippen molar-refractivity contribution in [3.8, 4) is 0 Å². The lowest BCUT2D eigenvalue weighted by Crippen LogP contribution is -2.40. The van der Waals surface area contributed by atoms with E-state index in [1.165, 1.54) is 0 Å². The monoisotopic (exact) mass is 283 g/mol. The van der Waals surface area contributed by atoms with Crippen molar-refractivity contribution in [2.75, 3.05) is 45.9 Å². The number of nitrogens with two attached hydrogens (primary N) is 1. The second-order valence-electron chi connectivity index (χ2n) is 5.88. The Morgan fingerprint density at radius 2 is 1.90 bits per heavy atom. The molecule has 6 heteroatoms. The highest BCUT2D eigenvalue weighted by molar-refractivity contribution is 5.79. The summed E-state index contributed by atoms with van der Waals surface area (Å²) in [5.74, 6) is 0.0710. The first-order valence-electron chi connectivity index (χ1n) is 7.41. The zero-order chi connectivity index (χ0) is 14.5. The predicted molar refractivity (Wildman–Crippen MR) is 74.9 cm³/mol. The first-order valence-corrected chi connectivity index (χ1v) is 7.41. The van der Waals surface area contributed by atoms with Crippen LogP contribution in [0.2, 0.25) is 0 Å². The van der Waals surface area contributed by atoms with Gasteiger partial charge in [-0.25, -0.2) is 0 Å². The predicted octanol–water partition coefficient (Wildman–Crippen LogP) is -0.321. The molecule has 114 valence electrons. The van der Waals surface area contributed by atoms with Gasteiger partial charge in [-0.1, -0.05) is 0 Å². The molecule has 1 atom stereocenters. The van der Waals surface area contributed by atoms with Crippen LogP contribution in [0.25, 0.3) is 0 Å². The van der Waals surface area contributed by atoms with Gasteiger partial charge in [0.15, 0.2) is 0 Å². The van der Waals surface area contributed by atoms with E-state index in [0.29, 0.717) is 25.6 Å². The molecule has 2 saturated heterocycles. The van der Waals surface area contributed by atoms with Crippen LogP contribution in [-0.4, -0.2) is 67.6 Å². The van der Waals surface area contributed by atoms with Crippen molar-refractivity contribution in [2.45, 2.75) is 19.8 Å². The van der Waals surface area contributed by atoms with Crippen molar-refractivity contribution in [2.24, 2.45) is 17.6 Å². The van der Waals surface area contributed by atoms with Gasteiger partial charge in [-0.3, -0.25) is 9.59 Å². The minimum atomic E-state index is -0.310. The lowest BCUT2D eigenvalue weighted by molar-refractivity contribution is -0.130. The topological polar surface area (TPSA) is 75.9 Å². The fourth-order valence-electron chi connectivity index (χ4n) is 3.01. The van der Waals surface area contributed by atoms with E-state index in [2.05, 4.69) is 4.90 Å². The second kappa shape index (κ2) is 7.04. The molecular formula is C14H25N3O3. The number of carbonyl (C=O) groups excluding carboxylic acids is 2. The third-order valence-corrected chi connectivity index (χ3v) is 4.31. The summed E-state index contributed by atoms with van der Waals surface area (Å²) in [6, 6.07) is 0. The van der Waals surface area contributed by atoms with E-state index in [-0.39, 0.29) is 17.7 Å². The molecule has 0 radical (unpaired) electrons. The molecule has 20 heavy (non-hydrogen) atoms. The van der Waals surface area contributed by atoms with Crippen LogP contribution in [0.5, 0.6) is 0 Å². The molecule has 0 saturated carbocycles. The average Bonchev–Trinajstić information content (AvgIpc) is 2.63. The first kappa shape index (κ1) is 15.3. The Hall–Kier alpha value is -1.14. The third kappa shape index (κ3) is 4.18. The Morgan fingerprint density at radius 3 is 2.50 bits per heavy atom. The number of rotatable bonds is 3. The van der Waals surface area contributed by atoms with Gasteiger partial charge < -0.3 is 20.3 Å². The number of primary amides is 1. The summed E-state index contributed by atoms with van der Waals surface area (Å²) in [6.07, 6.45) is 2.16. The zero-order valence-corrected chi connectivity index (χ0v) is 12.2. The Labute approximate surface area is 120 Å². The van der Waals surface area contributed by atoms with E-state index >= 15 is 0 Å². The van der Waals surface area contributed by atoms with E-state index < -0.39 is 0 Å². The average molecular weight is 283 g/mol. The van der Waals surface area contributed by atoms with Crippen LogP contribution in [0.1, 0.15) is 19.8 Å². The SMILES string of the molecule is CC(=O)N1CCN(CC2CCOCC2)CC(C(N)=O)C1. The zero-order valence-electron chi connectivity index (χ0n) is 12.2. The van der Waals surface area contributed by atoms with Crippen LogP contribution >= 0.6 is 0 Å². The molecule has 2 fully saturated rings. The van der Waals surface area contributed by atoms with Crippen LogP contribution in [-0.2, 0) is 14.3 Å². The number of amides is 2. The summed E-state index contributed by atoms with van der Waals surface area (Å²) < 4.78 is 5.38. The minimum Gasteiger partial charge on any atom is -0.381 e. The number of ether oxygens (including phenoxy) is 1. The molecule has 2 aliphatic heterocycles. The van der Waals surface area contributed by atoms with Gasteiger partial charge in [-0.2, -0.15) is 0 Å². The van der Waals surface area contributed by atoms with Crippen LogP contribution in [0.4, 0.5) is 0 Å². The van der Waals surface area contributed by atoms with Crippen LogP contribution in [0, 0.1) is 11.8 Å². The standard InChI is InChI=1S/C14H25N3O3/c1-11(18)17-5-4-16(9-13(10-17)14(15)19)8-12-2-6-20-7-3-12/h12-13H,2-10H2,1H3,(H2,15,19). The van der Waals surface area contributed by atoms with E-state index in [1.54, 1.807) is 11.8 Å². The molecule has 2 rings (SSSR count). The van der Waals surface area contributed by atoms with Crippen LogP contribution in [0.3, 0.4) is 0 Å². The Balaban J connectivity index is 1.95. The molecule has 1 unspecified atom stereocenters. The van der Waals surface area contributed by atoms with Gasteiger partial charge in [0, 0.05) is 52.9 Å². The van der Waals surface area contributed by atoms with Crippen LogP contribution in [0.15, 0.2) is 0 Å². The molecular weight excluding hydrogens is 258 g/mol. The third-order valence-electron chi connectivity index (χ3n) is 4.31. The van der Waals surface area contributed by atoms with E-state index in [9.17, 15) is 9.59 Å². The number of hydrogen-bond donors (Lipinski definition) is 1. The molecule has 6 nitrogen and oxygen atoms in total. The Kier molecular flexibility index (Phi) is 5.37. The lowest BCUT2D eigenvalue weighted by atomic mass is 9.99. The molecule has 0 aromatic rings. The van der Waals surface area contributed by atoms with Gasteiger partial charge in [-0.05, 0) is 18.8 Å². The summed E-state index contributed by atoms with van der Waals surface area (Å²) in [7, 11) is 0. The van der Waals surface area contributed by atoms with Crippen molar-refractivity contribution < 1.29 is 14.3 Å². The summed E-state index contributed by atoms with van der Waals surface area (Å²) in [5.41, 5.74) is 5.47. The quantitative estimate of drug-likeness (QED) is 0.770. The van der Waals surface area contributed by atoms with Gasteiger partial charge in [0.1, 0.15) is 0 Å². The first-order chi connectivity index (χ1) is 9.56. The second-order valence-corrected chi connectivity index (χ2v) is 5.88. The van der Waals surface area contributed by atoms with Crippen molar-refractivity contribution in [1.29, 1.82) is 0 Å². The van der Waals surface area contributed by atoms with Crippen molar-refractivity contribution in [3.63, 3.8) is 0 Å². The van der Waals surface area contributed by atoms with Crippen LogP contribution < -0.4 is 5.73 Å². The van der Waals surface area contributed by atoms with Gasteiger partial charge in [0.25, 0.3) is 0 Å². The van der Waals surface area contributed by atoms with Gasteiger partial charge in [0.2, 0.25) is 11.8 Å². The molecule has 2 aliphatic rings. The summed E-state index contributed by atoms with van der Waals surface area (Å²) in [5, 5.41) is 0. The Morgan fingerprint density at radius 1 is 1.20 bits per heavy atom. The normalized spacial score (nSPS) is 26.2. The summed E-state index contributed by atoms with van der Waals surface area (Å²) in [6.45, 7) is 6.80. The van der Waals surface area contributed by atoms with Crippen molar-refractivity contribution in [1.82, 2.24) is 9.80 Å². The summed E-state index contributed by atoms with van der Waals surface area (Å²) >= 11 is 0. The number of hydrogen-bond acceptors (Lipinski definition) is 4. The van der Waals surface area contributed by atoms with Gasteiger partial charge >= 0.3 is 0 Å². The molecule has 0 aliphatic carbocycles. The smallest absolute Gasteiger partial charge is 0.223 e. The molecule has 2 N–H and O–H groups in total. The molecule has 2 amide bonds. The number of carbonyl (C=O) groups is 2. The van der Waals surface area contributed by atoms with E-state index in [0.717, 1.165) is 39.1 Å².